The van der Waals surface area contributed by atoms with E-state index in [9.17, 15) is 10.2 Å². The molecule has 1 fully saturated rings. The summed E-state index contributed by atoms with van der Waals surface area (Å²) in [7, 11) is 0. The van der Waals surface area contributed by atoms with Crippen LogP contribution < -0.4 is 0 Å². The lowest BCUT2D eigenvalue weighted by molar-refractivity contribution is 0.149. The number of hydrogen-bond acceptors (Lipinski definition) is 2. The number of aromatic hydroxyl groups is 1. The van der Waals surface area contributed by atoms with Crippen molar-refractivity contribution in [2.24, 2.45) is 0 Å². The predicted octanol–water partition coefficient (Wildman–Crippen LogP) is 2.73. The van der Waals surface area contributed by atoms with E-state index in [2.05, 4.69) is 0 Å². The molecule has 0 aliphatic heterocycles. The van der Waals surface area contributed by atoms with Crippen molar-refractivity contribution in [3.05, 3.63) is 27.8 Å². The van der Waals surface area contributed by atoms with Crippen LogP contribution in [0.3, 0.4) is 0 Å². The maximum atomic E-state index is 9.95. The number of aliphatic hydroxyl groups is 1. The molecule has 0 radical (unpaired) electrons. The molecule has 0 atom stereocenters. The Kier molecular flexibility index (Phi) is 2.44. The summed E-state index contributed by atoms with van der Waals surface area (Å²) in [6.45, 7) is 3.70. The highest BCUT2D eigenvalue weighted by Crippen LogP contribution is 2.42. The summed E-state index contributed by atoms with van der Waals surface area (Å²) in [5.74, 6) is 0.236. The SMILES string of the molecule is Cc1cc(Cl)c(C)c(O)c1CC1(O)CC1. The summed E-state index contributed by atoms with van der Waals surface area (Å²) in [4.78, 5) is 0. The Hall–Kier alpha value is -0.730. The average molecular weight is 227 g/mol. The highest BCUT2D eigenvalue weighted by Gasteiger charge is 2.41. The smallest absolute Gasteiger partial charge is 0.123 e. The Morgan fingerprint density at radius 1 is 1.40 bits per heavy atom. The van der Waals surface area contributed by atoms with Crippen LogP contribution in [0, 0.1) is 13.8 Å². The normalized spacial score (nSPS) is 17.9. The molecule has 1 aromatic carbocycles. The number of halogens is 1. The van der Waals surface area contributed by atoms with Crippen LogP contribution in [0.25, 0.3) is 0 Å². The molecule has 2 nitrogen and oxygen atoms in total. The second kappa shape index (κ2) is 3.39. The van der Waals surface area contributed by atoms with Gasteiger partial charge in [-0.25, -0.2) is 0 Å². The zero-order chi connectivity index (χ0) is 11.2. The second-order valence-corrected chi connectivity index (χ2v) is 4.94. The van der Waals surface area contributed by atoms with Crippen molar-refractivity contribution in [2.45, 2.75) is 38.7 Å². The number of phenols is 1. The van der Waals surface area contributed by atoms with E-state index in [1.54, 1.807) is 6.92 Å². The minimum Gasteiger partial charge on any atom is -0.507 e. The lowest BCUT2D eigenvalue weighted by Gasteiger charge is -2.15. The summed E-state index contributed by atoms with van der Waals surface area (Å²) in [6.07, 6.45) is 2.18. The fourth-order valence-corrected chi connectivity index (χ4v) is 2.04. The first-order valence-corrected chi connectivity index (χ1v) is 5.51. The van der Waals surface area contributed by atoms with Crippen LogP contribution in [0.2, 0.25) is 5.02 Å². The monoisotopic (exact) mass is 226 g/mol. The first-order valence-electron chi connectivity index (χ1n) is 5.13. The molecule has 0 saturated heterocycles. The second-order valence-electron chi connectivity index (χ2n) is 4.53. The van der Waals surface area contributed by atoms with Crippen LogP contribution in [0.15, 0.2) is 6.07 Å². The van der Waals surface area contributed by atoms with Crippen LogP contribution >= 0.6 is 11.6 Å². The third-order valence-electron chi connectivity index (χ3n) is 3.15. The molecule has 2 rings (SSSR count). The lowest BCUT2D eigenvalue weighted by Crippen LogP contribution is -2.12. The van der Waals surface area contributed by atoms with Gasteiger partial charge < -0.3 is 10.2 Å². The van der Waals surface area contributed by atoms with E-state index in [0.29, 0.717) is 17.0 Å². The lowest BCUT2D eigenvalue weighted by atomic mass is 9.97. The van der Waals surface area contributed by atoms with Crippen molar-refractivity contribution >= 4 is 11.6 Å². The van der Waals surface area contributed by atoms with E-state index in [4.69, 9.17) is 11.6 Å². The van der Waals surface area contributed by atoms with Gasteiger partial charge >= 0.3 is 0 Å². The van der Waals surface area contributed by atoms with Gasteiger partial charge in [-0.3, -0.25) is 0 Å². The van der Waals surface area contributed by atoms with Gasteiger partial charge in [-0.05, 0) is 38.3 Å². The topological polar surface area (TPSA) is 40.5 Å². The summed E-state index contributed by atoms with van der Waals surface area (Å²) in [5.41, 5.74) is 1.89. The molecule has 0 bridgehead atoms. The van der Waals surface area contributed by atoms with Gasteiger partial charge in [0, 0.05) is 22.6 Å². The molecule has 82 valence electrons. The van der Waals surface area contributed by atoms with E-state index in [0.717, 1.165) is 24.0 Å². The van der Waals surface area contributed by atoms with Crippen LogP contribution in [0.4, 0.5) is 0 Å². The van der Waals surface area contributed by atoms with Gasteiger partial charge in [0.05, 0.1) is 5.60 Å². The molecule has 2 N–H and O–H groups in total. The minimum absolute atomic E-state index is 0.236. The number of benzene rings is 1. The molecule has 0 unspecified atom stereocenters. The third-order valence-corrected chi connectivity index (χ3v) is 3.54. The van der Waals surface area contributed by atoms with E-state index < -0.39 is 5.60 Å². The van der Waals surface area contributed by atoms with Crippen LogP contribution in [0.5, 0.6) is 5.75 Å². The fourth-order valence-electron chi connectivity index (χ4n) is 1.78. The molecule has 1 aromatic rings. The van der Waals surface area contributed by atoms with Crippen LogP contribution in [-0.2, 0) is 6.42 Å². The zero-order valence-electron chi connectivity index (χ0n) is 8.97. The Balaban J connectivity index is 2.41. The predicted molar refractivity (Wildman–Crippen MR) is 60.5 cm³/mol. The van der Waals surface area contributed by atoms with Crippen molar-refractivity contribution in [3.63, 3.8) is 0 Å². The van der Waals surface area contributed by atoms with Gasteiger partial charge in [0.25, 0.3) is 0 Å². The third kappa shape index (κ3) is 1.97. The number of phenolic OH excluding ortho intramolecular Hbond substituents is 1. The molecule has 0 spiro atoms. The molecule has 0 amide bonds. The van der Waals surface area contributed by atoms with Gasteiger partial charge in [-0.15, -0.1) is 0 Å². The highest BCUT2D eigenvalue weighted by atomic mass is 35.5. The molecule has 15 heavy (non-hydrogen) atoms. The molecule has 0 heterocycles. The Labute approximate surface area is 94.5 Å². The first-order chi connectivity index (χ1) is 6.93. The minimum atomic E-state index is -0.581. The van der Waals surface area contributed by atoms with E-state index in [1.165, 1.54) is 0 Å². The maximum absolute atomic E-state index is 9.95. The fraction of sp³-hybridized carbons (Fsp3) is 0.500. The number of rotatable bonds is 2. The van der Waals surface area contributed by atoms with Gasteiger partial charge in [0.1, 0.15) is 5.75 Å². The standard InChI is InChI=1S/C12H15ClO2/c1-7-5-10(13)8(2)11(14)9(7)6-12(15)3-4-12/h5,14-15H,3-4,6H2,1-2H3. The highest BCUT2D eigenvalue weighted by molar-refractivity contribution is 6.31. The Bertz CT molecular complexity index is 409. The summed E-state index contributed by atoms with van der Waals surface area (Å²) in [5, 5.41) is 20.4. The van der Waals surface area contributed by atoms with Crippen molar-refractivity contribution in [1.82, 2.24) is 0 Å². The van der Waals surface area contributed by atoms with Crippen LogP contribution in [-0.4, -0.2) is 15.8 Å². The van der Waals surface area contributed by atoms with Gasteiger partial charge in [-0.1, -0.05) is 11.6 Å². The summed E-state index contributed by atoms with van der Waals surface area (Å²) in [6, 6.07) is 1.84. The molecule has 1 saturated carbocycles. The quantitative estimate of drug-likeness (QED) is 0.814. The van der Waals surface area contributed by atoms with E-state index in [-0.39, 0.29) is 5.75 Å². The largest absolute Gasteiger partial charge is 0.507 e. The molecular formula is C12H15ClO2. The maximum Gasteiger partial charge on any atom is 0.123 e. The zero-order valence-corrected chi connectivity index (χ0v) is 9.73. The van der Waals surface area contributed by atoms with Gasteiger partial charge in [0.2, 0.25) is 0 Å². The van der Waals surface area contributed by atoms with Gasteiger partial charge in [0.15, 0.2) is 0 Å². The summed E-state index contributed by atoms with van der Waals surface area (Å²) >= 11 is 5.96. The molecule has 1 aliphatic carbocycles. The first kappa shape index (κ1) is 10.8. The van der Waals surface area contributed by atoms with E-state index in [1.807, 2.05) is 13.0 Å². The summed E-state index contributed by atoms with van der Waals surface area (Å²) < 4.78 is 0. The van der Waals surface area contributed by atoms with E-state index >= 15 is 0 Å². The van der Waals surface area contributed by atoms with Crippen molar-refractivity contribution < 1.29 is 10.2 Å². The van der Waals surface area contributed by atoms with Crippen LogP contribution in [0.1, 0.15) is 29.5 Å². The Morgan fingerprint density at radius 3 is 2.53 bits per heavy atom. The molecular weight excluding hydrogens is 212 g/mol. The van der Waals surface area contributed by atoms with Gasteiger partial charge in [-0.2, -0.15) is 0 Å². The van der Waals surface area contributed by atoms with Crippen molar-refractivity contribution in [2.75, 3.05) is 0 Å². The molecule has 0 aromatic heterocycles. The molecule has 1 aliphatic rings. The van der Waals surface area contributed by atoms with Crippen molar-refractivity contribution in [1.29, 1.82) is 0 Å². The Morgan fingerprint density at radius 2 is 2.00 bits per heavy atom. The van der Waals surface area contributed by atoms with Crippen molar-refractivity contribution in [3.8, 4) is 5.75 Å². The number of hydrogen-bond donors (Lipinski definition) is 2. The average Bonchev–Trinajstić information content (AvgIpc) is 2.89. The number of aryl methyl sites for hydroxylation is 1. The molecule has 3 heteroatoms.